The van der Waals surface area contributed by atoms with Crippen LogP contribution in [0.15, 0.2) is 11.3 Å². The number of allylic oxidation sites excluding steroid dienone is 1. The Bertz CT molecular complexity index is 102. The van der Waals surface area contributed by atoms with Gasteiger partial charge in [0.25, 0.3) is 0 Å². The lowest BCUT2D eigenvalue weighted by Crippen LogP contribution is -2.09. The molecule has 0 aromatic carbocycles. The molecular weight excluding hydrogens is 128 g/mol. The Labute approximate surface area is 62.8 Å². The van der Waals surface area contributed by atoms with E-state index in [9.17, 15) is 0 Å². The first-order valence-corrected chi connectivity index (χ1v) is 3.67. The third-order valence-corrected chi connectivity index (χ3v) is 1.28. The number of hydrogen-bond donors (Lipinski definition) is 0. The standard InChI is InChI=1S/C6H10O2.C2H6/c1-5-3-7-4-8-6(5)2;1-2/h3-4H2,1-2H3;1-2H3. The highest BCUT2D eigenvalue weighted by Gasteiger charge is 2.03. The molecule has 0 fully saturated rings. The second kappa shape index (κ2) is 5.30. The van der Waals surface area contributed by atoms with Crippen molar-refractivity contribution in [1.82, 2.24) is 0 Å². The Morgan fingerprint density at radius 2 is 1.80 bits per heavy atom. The summed E-state index contributed by atoms with van der Waals surface area (Å²) in [6, 6.07) is 0. The predicted octanol–water partition coefficient (Wildman–Crippen LogP) is 2.31. The van der Waals surface area contributed by atoms with Gasteiger partial charge in [-0.05, 0) is 19.4 Å². The van der Waals surface area contributed by atoms with Crippen molar-refractivity contribution in [2.75, 3.05) is 13.4 Å². The van der Waals surface area contributed by atoms with Crippen molar-refractivity contribution in [3.8, 4) is 0 Å². The van der Waals surface area contributed by atoms with Crippen LogP contribution < -0.4 is 0 Å². The zero-order chi connectivity index (χ0) is 7.98. The van der Waals surface area contributed by atoms with Crippen LogP contribution in [0.25, 0.3) is 0 Å². The van der Waals surface area contributed by atoms with Gasteiger partial charge in [0.15, 0.2) is 6.79 Å². The van der Waals surface area contributed by atoms with Gasteiger partial charge in [0.05, 0.1) is 12.4 Å². The maximum atomic E-state index is 5.05. The van der Waals surface area contributed by atoms with Gasteiger partial charge in [-0.25, -0.2) is 0 Å². The minimum absolute atomic E-state index is 0.420. The molecule has 0 aliphatic carbocycles. The van der Waals surface area contributed by atoms with Crippen LogP contribution in [-0.2, 0) is 9.47 Å². The van der Waals surface area contributed by atoms with Crippen molar-refractivity contribution in [2.45, 2.75) is 27.7 Å². The van der Waals surface area contributed by atoms with E-state index in [4.69, 9.17) is 9.47 Å². The normalized spacial score (nSPS) is 17.2. The molecule has 0 N–H and O–H groups in total. The second-order valence-corrected chi connectivity index (χ2v) is 1.95. The van der Waals surface area contributed by atoms with E-state index >= 15 is 0 Å². The van der Waals surface area contributed by atoms with E-state index in [2.05, 4.69) is 0 Å². The Morgan fingerprint density at radius 1 is 1.20 bits per heavy atom. The van der Waals surface area contributed by atoms with E-state index in [1.807, 2.05) is 27.7 Å². The third-order valence-electron chi connectivity index (χ3n) is 1.28. The zero-order valence-electron chi connectivity index (χ0n) is 7.23. The minimum Gasteiger partial charge on any atom is -0.472 e. The molecule has 1 rings (SSSR count). The molecule has 0 saturated carbocycles. The number of ether oxygens (including phenoxy) is 2. The highest BCUT2D eigenvalue weighted by molar-refractivity contribution is 5.04. The minimum atomic E-state index is 0.420. The molecule has 1 heterocycles. The fourth-order valence-electron chi connectivity index (χ4n) is 0.550. The van der Waals surface area contributed by atoms with Gasteiger partial charge in [0.2, 0.25) is 0 Å². The summed E-state index contributed by atoms with van der Waals surface area (Å²) in [5.41, 5.74) is 1.19. The maximum Gasteiger partial charge on any atom is 0.188 e. The fraction of sp³-hybridized carbons (Fsp3) is 0.750. The molecule has 0 unspecified atom stereocenters. The van der Waals surface area contributed by atoms with Gasteiger partial charge >= 0.3 is 0 Å². The highest BCUT2D eigenvalue weighted by atomic mass is 16.7. The van der Waals surface area contributed by atoms with E-state index in [1.54, 1.807) is 0 Å². The van der Waals surface area contributed by atoms with Gasteiger partial charge in [0.1, 0.15) is 0 Å². The topological polar surface area (TPSA) is 18.5 Å². The first kappa shape index (κ1) is 9.50. The largest absolute Gasteiger partial charge is 0.472 e. The lowest BCUT2D eigenvalue weighted by Gasteiger charge is -2.15. The van der Waals surface area contributed by atoms with Gasteiger partial charge in [0, 0.05) is 0 Å². The molecule has 10 heavy (non-hydrogen) atoms. The fourth-order valence-corrected chi connectivity index (χ4v) is 0.550. The van der Waals surface area contributed by atoms with Crippen molar-refractivity contribution < 1.29 is 9.47 Å². The smallest absolute Gasteiger partial charge is 0.188 e. The summed E-state index contributed by atoms with van der Waals surface area (Å²) in [7, 11) is 0. The van der Waals surface area contributed by atoms with Crippen molar-refractivity contribution in [1.29, 1.82) is 0 Å². The van der Waals surface area contributed by atoms with Gasteiger partial charge in [-0.1, -0.05) is 13.8 Å². The van der Waals surface area contributed by atoms with Gasteiger partial charge in [-0.15, -0.1) is 0 Å². The van der Waals surface area contributed by atoms with Crippen molar-refractivity contribution >= 4 is 0 Å². The van der Waals surface area contributed by atoms with E-state index in [0.29, 0.717) is 6.79 Å². The van der Waals surface area contributed by atoms with Crippen LogP contribution in [0.2, 0.25) is 0 Å². The van der Waals surface area contributed by atoms with Crippen LogP contribution in [0.3, 0.4) is 0 Å². The van der Waals surface area contributed by atoms with E-state index in [-0.39, 0.29) is 0 Å². The Morgan fingerprint density at radius 3 is 2.10 bits per heavy atom. The van der Waals surface area contributed by atoms with Crippen molar-refractivity contribution in [2.24, 2.45) is 0 Å². The van der Waals surface area contributed by atoms with Crippen molar-refractivity contribution in [3.05, 3.63) is 11.3 Å². The Hall–Kier alpha value is -0.500. The molecule has 2 heteroatoms. The summed E-state index contributed by atoms with van der Waals surface area (Å²) < 4.78 is 10.0. The SMILES string of the molecule is CC.CC1=C(C)OCOC1. The van der Waals surface area contributed by atoms with E-state index in [1.165, 1.54) is 5.57 Å². The molecule has 2 nitrogen and oxygen atoms in total. The van der Waals surface area contributed by atoms with Crippen LogP contribution in [0.5, 0.6) is 0 Å². The Balaban J connectivity index is 0.000000371. The number of hydrogen-bond acceptors (Lipinski definition) is 2. The van der Waals surface area contributed by atoms with Crippen LogP contribution in [0.1, 0.15) is 27.7 Å². The van der Waals surface area contributed by atoms with Gasteiger partial charge in [-0.2, -0.15) is 0 Å². The lowest BCUT2D eigenvalue weighted by atomic mass is 10.3. The summed E-state index contributed by atoms with van der Waals surface area (Å²) >= 11 is 0. The molecule has 1 aliphatic heterocycles. The maximum absolute atomic E-state index is 5.05. The molecule has 0 saturated heterocycles. The monoisotopic (exact) mass is 144 g/mol. The van der Waals surface area contributed by atoms with Crippen LogP contribution in [0.4, 0.5) is 0 Å². The first-order valence-electron chi connectivity index (χ1n) is 3.67. The molecule has 0 aromatic heterocycles. The van der Waals surface area contributed by atoms with Crippen LogP contribution >= 0.6 is 0 Å². The second-order valence-electron chi connectivity index (χ2n) is 1.95. The average molecular weight is 144 g/mol. The molecule has 0 spiro atoms. The molecule has 0 atom stereocenters. The van der Waals surface area contributed by atoms with Gasteiger partial charge in [-0.3, -0.25) is 0 Å². The molecular formula is C8H16O2. The van der Waals surface area contributed by atoms with Crippen LogP contribution in [-0.4, -0.2) is 13.4 Å². The Kier molecular flexibility index (Phi) is 5.03. The molecule has 0 amide bonds. The lowest BCUT2D eigenvalue weighted by molar-refractivity contribution is -0.0350. The van der Waals surface area contributed by atoms with E-state index in [0.717, 1.165) is 12.4 Å². The summed E-state index contributed by atoms with van der Waals surface area (Å²) in [4.78, 5) is 0. The molecule has 0 aromatic rings. The highest BCUT2D eigenvalue weighted by Crippen LogP contribution is 2.09. The van der Waals surface area contributed by atoms with E-state index < -0.39 is 0 Å². The van der Waals surface area contributed by atoms with Crippen LogP contribution in [0, 0.1) is 0 Å². The zero-order valence-corrected chi connectivity index (χ0v) is 7.23. The summed E-state index contributed by atoms with van der Waals surface area (Å²) in [6.45, 7) is 9.11. The summed E-state index contributed by atoms with van der Waals surface area (Å²) in [6.07, 6.45) is 0. The van der Waals surface area contributed by atoms with Crippen molar-refractivity contribution in [3.63, 3.8) is 0 Å². The van der Waals surface area contributed by atoms with Gasteiger partial charge < -0.3 is 9.47 Å². The third kappa shape index (κ3) is 2.87. The predicted molar refractivity (Wildman–Crippen MR) is 41.6 cm³/mol. The molecule has 0 bridgehead atoms. The molecule has 0 radical (unpaired) electrons. The molecule has 60 valence electrons. The molecule has 1 aliphatic rings. The average Bonchev–Trinajstić information content (AvgIpc) is 2.00. The summed E-state index contributed by atoms with van der Waals surface area (Å²) in [5.74, 6) is 1.01. The number of rotatable bonds is 0. The quantitative estimate of drug-likeness (QED) is 0.519. The summed E-state index contributed by atoms with van der Waals surface area (Å²) in [5, 5.41) is 0. The first-order chi connectivity index (χ1) is 4.80.